The lowest BCUT2D eigenvalue weighted by atomic mass is 10.1. The lowest BCUT2D eigenvalue weighted by Gasteiger charge is -2.28. The van der Waals surface area contributed by atoms with Crippen LogP contribution in [0.1, 0.15) is 24.2 Å². The Labute approximate surface area is 191 Å². The van der Waals surface area contributed by atoms with Gasteiger partial charge in [0.2, 0.25) is 5.91 Å². The zero-order chi connectivity index (χ0) is 23.3. The highest BCUT2D eigenvalue weighted by Gasteiger charge is 2.26. The van der Waals surface area contributed by atoms with Crippen molar-refractivity contribution in [3.63, 3.8) is 0 Å². The van der Waals surface area contributed by atoms with Crippen LogP contribution in [0.15, 0.2) is 36.4 Å². The van der Waals surface area contributed by atoms with Crippen LogP contribution in [0.3, 0.4) is 0 Å². The van der Waals surface area contributed by atoms with Gasteiger partial charge < -0.3 is 24.4 Å². The first kappa shape index (κ1) is 23.5. The maximum Gasteiger partial charge on any atom is 0.265 e. The molecule has 9 heteroatoms. The topological polar surface area (TPSA) is 94.2 Å². The minimum atomic E-state index is -0.445. The van der Waals surface area contributed by atoms with Crippen LogP contribution >= 0.6 is 11.8 Å². The predicted molar refractivity (Wildman–Crippen MR) is 124 cm³/mol. The van der Waals surface area contributed by atoms with Gasteiger partial charge in [-0.05, 0) is 44.2 Å². The van der Waals surface area contributed by atoms with Gasteiger partial charge in [0, 0.05) is 23.9 Å². The summed E-state index contributed by atoms with van der Waals surface area (Å²) in [6, 6.07) is 10.2. The molecule has 0 bridgehead atoms. The molecule has 3 rings (SSSR count). The number of nitrogens with zero attached hydrogens (tertiary/aromatic N) is 1. The third-order valence-corrected chi connectivity index (χ3v) is 6.15. The number of rotatable bonds is 9. The van der Waals surface area contributed by atoms with E-state index in [2.05, 4.69) is 5.32 Å². The standard InChI is InChI=1S/C23H26N2O6S/c1-5-25-17-10-15(6-8-18(17)31-12-22(25)27)23(28)14(2)32-13-21(26)24-16-7-9-19(29-3)20(11-16)30-4/h6-11,14H,5,12-13H2,1-4H3,(H,24,26). The van der Waals surface area contributed by atoms with Crippen LogP contribution in [0.2, 0.25) is 0 Å². The number of benzene rings is 2. The number of carbonyl (C=O) groups excluding carboxylic acids is 3. The first-order valence-corrected chi connectivity index (χ1v) is 11.2. The molecule has 1 aliphatic rings. The Hall–Kier alpha value is -3.20. The Kier molecular flexibility index (Phi) is 7.63. The quantitative estimate of drug-likeness (QED) is 0.576. The van der Waals surface area contributed by atoms with Gasteiger partial charge in [-0.2, -0.15) is 0 Å². The second-order valence-electron chi connectivity index (χ2n) is 7.04. The molecule has 0 aliphatic carbocycles. The molecular formula is C23H26N2O6S. The Morgan fingerprint density at radius 2 is 1.91 bits per heavy atom. The number of methoxy groups -OCH3 is 2. The molecule has 0 fully saturated rings. The van der Waals surface area contributed by atoms with Crippen molar-refractivity contribution in [2.45, 2.75) is 19.1 Å². The summed E-state index contributed by atoms with van der Waals surface area (Å²) in [5.74, 6) is 1.27. The Balaban J connectivity index is 1.61. The van der Waals surface area contributed by atoms with Crippen LogP contribution in [0.5, 0.6) is 17.2 Å². The van der Waals surface area contributed by atoms with Crippen molar-refractivity contribution in [2.75, 3.05) is 43.3 Å². The van der Waals surface area contributed by atoms with E-state index in [-0.39, 0.29) is 30.0 Å². The predicted octanol–water partition coefficient (Wildman–Crippen LogP) is 3.39. The SMILES string of the molecule is CCN1C(=O)COc2ccc(C(=O)C(C)SCC(=O)Nc3ccc(OC)c(OC)c3)cc21. The number of carbonyl (C=O) groups is 3. The van der Waals surface area contributed by atoms with Crippen molar-refractivity contribution < 1.29 is 28.6 Å². The van der Waals surface area contributed by atoms with Crippen molar-refractivity contribution in [2.24, 2.45) is 0 Å². The van der Waals surface area contributed by atoms with Crippen molar-refractivity contribution in [1.29, 1.82) is 0 Å². The summed E-state index contributed by atoms with van der Waals surface area (Å²) in [4.78, 5) is 38.9. The summed E-state index contributed by atoms with van der Waals surface area (Å²) in [6.07, 6.45) is 0. The lowest BCUT2D eigenvalue weighted by Crippen LogP contribution is -2.38. The van der Waals surface area contributed by atoms with E-state index in [0.717, 1.165) is 0 Å². The summed E-state index contributed by atoms with van der Waals surface area (Å²) in [5.41, 5.74) is 1.64. The molecule has 2 aromatic rings. The number of nitrogens with one attached hydrogen (secondary N) is 1. The number of Topliss-reactive ketones (excluding diaryl/α,β-unsaturated/α-hetero) is 1. The summed E-state index contributed by atoms with van der Waals surface area (Å²) in [5, 5.41) is 2.35. The van der Waals surface area contributed by atoms with Crippen LogP contribution in [0.4, 0.5) is 11.4 Å². The van der Waals surface area contributed by atoms with Crippen molar-refractivity contribution in [3.8, 4) is 17.2 Å². The third kappa shape index (κ3) is 5.16. The van der Waals surface area contributed by atoms with Crippen LogP contribution in [-0.4, -0.2) is 56.0 Å². The molecule has 1 atom stereocenters. The minimum Gasteiger partial charge on any atom is -0.493 e. The summed E-state index contributed by atoms with van der Waals surface area (Å²) >= 11 is 1.24. The Morgan fingerprint density at radius 3 is 2.59 bits per heavy atom. The van der Waals surface area contributed by atoms with E-state index in [1.54, 1.807) is 55.3 Å². The van der Waals surface area contributed by atoms with E-state index in [1.165, 1.54) is 18.9 Å². The lowest BCUT2D eigenvalue weighted by molar-refractivity contribution is -0.121. The average molecular weight is 459 g/mol. The molecule has 8 nitrogen and oxygen atoms in total. The summed E-state index contributed by atoms with van der Waals surface area (Å²) in [7, 11) is 3.06. The summed E-state index contributed by atoms with van der Waals surface area (Å²) in [6.45, 7) is 4.12. The first-order valence-electron chi connectivity index (χ1n) is 10.1. The van der Waals surface area contributed by atoms with E-state index in [0.29, 0.717) is 40.7 Å². The number of ketones is 1. The molecule has 0 radical (unpaired) electrons. The number of ether oxygens (including phenoxy) is 3. The van der Waals surface area contributed by atoms with Gasteiger partial charge in [0.25, 0.3) is 5.91 Å². The normalized spacial score (nSPS) is 13.6. The third-order valence-electron chi connectivity index (χ3n) is 5.00. The van der Waals surface area contributed by atoms with Crippen molar-refractivity contribution in [1.82, 2.24) is 0 Å². The van der Waals surface area contributed by atoms with Gasteiger partial charge in [0.15, 0.2) is 23.9 Å². The molecule has 1 N–H and O–H groups in total. The van der Waals surface area contributed by atoms with E-state index < -0.39 is 5.25 Å². The van der Waals surface area contributed by atoms with Gasteiger partial charge in [-0.1, -0.05) is 0 Å². The van der Waals surface area contributed by atoms with Gasteiger partial charge in [0.05, 0.1) is 30.9 Å². The summed E-state index contributed by atoms with van der Waals surface area (Å²) < 4.78 is 15.9. The second kappa shape index (κ2) is 10.4. The van der Waals surface area contributed by atoms with Crippen LogP contribution in [0.25, 0.3) is 0 Å². The number of fused-ring (bicyclic) bond motifs is 1. The van der Waals surface area contributed by atoms with Gasteiger partial charge in [-0.15, -0.1) is 11.8 Å². The number of anilines is 2. The molecule has 32 heavy (non-hydrogen) atoms. The molecule has 1 unspecified atom stereocenters. The number of likely N-dealkylation sites (N-methyl/N-ethyl adjacent to an activating group) is 1. The molecule has 0 aromatic heterocycles. The molecule has 0 saturated heterocycles. The van der Waals surface area contributed by atoms with Gasteiger partial charge in [-0.3, -0.25) is 14.4 Å². The zero-order valence-electron chi connectivity index (χ0n) is 18.5. The highest BCUT2D eigenvalue weighted by molar-refractivity contribution is 8.01. The van der Waals surface area contributed by atoms with Crippen LogP contribution in [0, 0.1) is 0 Å². The molecule has 170 valence electrons. The van der Waals surface area contributed by atoms with Crippen LogP contribution in [-0.2, 0) is 9.59 Å². The fraction of sp³-hybridized carbons (Fsp3) is 0.348. The maximum absolute atomic E-state index is 12.9. The molecule has 0 saturated carbocycles. The van der Waals surface area contributed by atoms with E-state index >= 15 is 0 Å². The molecule has 1 aliphatic heterocycles. The number of hydrogen-bond acceptors (Lipinski definition) is 7. The Bertz CT molecular complexity index is 1030. The average Bonchev–Trinajstić information content (AvgIpc) is 2.81. The smallest absolute Gasteiger partial charge is 0.265 e. The van der Waals surface area contributed by atoms with Crippen molar-refractivity contribution in [3.05, 3.63) is 42.0 Å². The van der Waals surface area contributed by atoms with E-state index in [9.17, 15) is 14.4 Å². The fourth-order valence-corrected chi connectivity index (χ4v) is 4.09. The Morgan fingerprint density at radius 1 is 1.16 bits per heavy atom. The van der Waals surface area contributed by atoms with E-state index in [4.69, 9.17) is 14.2 Å². The van der Waals surface area contributed by atoms with Gasteiger partial charge >= 0.3 is 0 Å². The fourth-order valence-electron chi connectivity index (χ4n) is 3.32. The van der Waals surface area contributed by atoms with Gasteiger partial charge in [0.1, 0.15) is 5.75 Å². The molecule has 1 heterocycles. The molecule has 0 spiro atoms. The van der Waals surface area contributed by atoms with Gasteiger partial charge in [-0.25, -0.2) is 0 Å². The molecular weight excluding hydrogens is 432 g/mol. The molecule has 2 aromatic carbocycles. The number of amides is 2. The first-order chi connectivity index (χ1) is 15.4. The minimum absolute atomic E-state index is 0.00440. The highest BCUT2D eigenvalue weighted by atomic mass is 32.2. The molecule has 2 amide bonds. The second-order valence-corrected chi connectivity index (χ2v) is 8.37. The van der Waals surface area contributed by atoms with E-state index in [1.807, 2.05) is 6.92 Å². The maximum atomic E-state index is 12.9. The zero-order valence-corrected chi connectivity index (χ0v) is 19.3. The number of thioether (sulfide) groups is 1. The monoisotopic (exact) mass is 458 g/mol. The van der Waals surface area contributed by atoms with Crippen molar-refractivity contribution >= 4 is 40.7 Å². The highest BCUT2D eigenvalue weighted by Crippen LogP contribution is 2.34. The van der Waals surface area contributed by atoms with Crippen LogP contribution < -0.4 is 24.4 Å². The largest absolute Gasteiger partial charge is 0.493 e. The number of hydrogen-bond donors (Lipinski definition) is 1.